The van der Waals surface area contributed by atoms with Crippen LogP contribution in [0.4, 0.5) is 0 Å². The van der Waals surface area contributed by atoms with Crippen molar-refractivity contribution in [3.8, 4) is 45.3 Å². The second-order valence-corrected chi connectivity index (χ2v) is 13.5. The maximum atomic E-state index is 5.22. The van der Waals surface area contributed by atoms with E-state index in [0.29, 0.717) is 17.5 Å². The van der Waals surface area contributed by atoms with Crippen molar-refractivity contribution in [2.75, 3.05) is 0 Å². The number of hydrogen-bond acceptors (Lipinski definition) is 4. The van der Waals surface area contributed by atoms with Crippen molar-refractivity contribution >= 4 is 64.6 Å². The number of hydrogen-bond donors (Lipinski definition) is 0. The molecule has 52 heavy (non-hydrogen) atoms. The lowest BCUT2D eigenvalue weighted by molar-refractivity contribution is 1.07. The van der Waals surface area contributed by atoms with Gasteiger partial charge in [0.05, 0.1) is 0 Å². The van der Waals surface area contributed by atoms with Gasteiger partial charge < -0.3 is 0 Å². The fraction of sp³-hybridized carbons (Fsp3) is 0. The fourth-order valence-electron chi connectivity index (χ4n) is 8.14. The number of benzene rings is 8. The van der Waals surface area contributed by atoms with Gasteiger partial charge in [-0.2, -0.15) is 0 Å². The monoisotopic (exact) mass is 660 g/mol. The molecule has 0 saturated carbocycles. The van der Waals surface area contributed by atoms with E-state index in [1.807, 2.05) is 24.4 Å². The molecular formula is C48H28N4. The highest BCUT2D eigenvalue weighted by atomic mass is 15.0. The molecule has 0 aliphatic heterocycles. The number of nitrogens with zero attached hydrogens (tertiary/aromatic N) is 4. The summed E-state index contributed by atoms with van der Waals surface area (Å²) in [6.07, 6.45) is 3.58. The topological polar surface area (TPSA) is 51.6 Å². The smallest absolute Gasteiger partial charge is 0.165 e. The van der Waals surface area contributed by atoms with E-state index in [2.05, 4.69) is 145 Å². The molecule has 0 fully saturated rings. The van der Waals surface area contributed by atoms with Gasteiger partial charge in [-0.25, -0.2) is 15.0 Å². The quantitative estimate of drug-likeness (QED) is 0.176. The van der Waals surface area contributed by atoms with Crippen molar-refractivity contribution in [3.63, 3.8) is 0 Å². The van der Waals surface area contributed by atoms with Gasteiger partial charge in [0.15, 0.2) is 17.5 Å². The Morgan fingerprint density at radius 1 is 0.288 bits per heavy atom. The van der Waals surface area contributed by atoms with Gasteiger partial charge in [0, 0.05) is 29.1 Å². The van der Waals surface area contributed by atoms with E-state index >= 15 is 0 Å². The minimum Gasteiger partial charge on any atom is -0.264 e. The van der Waals surface area contributed by atoms with Crippen molar-refractivity contribution < 1.29 is 0 Å². The third-order valence-electron chi connectivity index (χ3n) is 10.5. The molecule has 9 aromatic carbocycles. The zero-order chi connectivity index (χ0) is 34.2. The highest BCUT2D eigenvalue weighted by molar-refractivity contribution is 6.37. The van der Waals surface area contributed by atoms with Gasteiger partial charge in [-0.1, -0.05) is 127 Å². The summed E-state index contributed by atoms with van der Waals surface area (Å²) in [6, 6.07) is 56.4. The maximum absolute atomic E-state index is 5.22. The summed E-state index contributed by atoms with van der Waals surface area (Å²) < 4.78 is 0. The van der Waals surface area contributed by atoms with Crippen LogP contribution in [0.3, 0.4) is 0 Å². The summed E-state index contributed by atoms with van der Waals surface area (Å²) in [5, 5.41) is 14.8. The van der Waals surface area contributed by atoms with Gasteiger partial charge >= 0.3 is 0 Å². The molecule has 0 aliphatic rings. The molecule has 0 bridgehead atoms. The second kappa shape index (κ2) is 11.2. The summed E-state index contributed by atoms with van der Waals surface area (Å²) in [5.41, 5.74) is 4.95. The Morgan fingerprint density at radius 3 is 1.42 bits per heavy atom. The van der Waals surface area contributed by atoms with E-state index in [-0.39, 0.29) is 0 Å². The Bertz CT molecular complexity index is 3170. The zero-order valence-electron chi connectivity index (χ0n) is 28.0. The molecule has 0 aliphatic carbocycles. The Hall–Kier alpha value is -7.04. The average molecular weight is 661 g/mol. The summed E-state index contributed by atoms with van der Waals surface area (Å²) in [6.45, 7) is 0. The van der Waals surface area contributed by atoms with Gasteiger partial charge in [0.25, 0.3) is 0 Å². The van der Waals surface area contributed by atoms with Gasteiger partial charge in [0.2, 0.25) is 0 Å². The first kappa shape index (κ1) is 28.8. The SMILES string of the molecule is c1ccc(-c2cccc(-c3nc(-c4cccnc4)nc(-c4cc5ccc6cccc7c8cccc9ccc%10cccc(c(c4)c5c67)c%10c98)n3)c2)cc1. The van der Waals surface area contributed by atoms with Gasteiger partial charge in [0.1, 0.15) is 0 Å². The third kappa shape index (κ3) is 4.41. The second-order valence-electron chi connectivity index (χ2n) is 13.5. The van der Waals surface area contributed by atoms with E-state index in [0.717, 1.165) is 33.2 Å². The van der Waals surface area contributed by atoms with Crippen molar-refractivity contribution in [1.29, 1.82) is 0 Å². The van der Waals surface area contributed by atoms with Crippen LogP contribution in [0.25, 0.3) is 110 Å². The lowest BCUT2D eigenvalue weighted by atomic mass is 9.87. The standard InChI is InChI=1S/C48H28N4/c1-2-9-29(10-3-1)33-14-4-15-35(25-33)46-50-47(36-16-8-24-49-28-36)52-48(51-46)37-26-34-23-22-32-12-6-18-39-38-17-5-11-30-20-21-31-13-7-19-40(44(31)42(30)38)41(27-37)45(34)43(32)39/h1-28H. The summed E-state index contributed by atoms with van der Waals surface area (Å²) in [4.78, 5) is 19.8. The molecule has 11 rings (SSSR count). The van der Waals surface area contributed by atoms with E-state index in [9.17, 15) is 0 Å². The largest absolute Gasteiger partial charge is 0.264 e. The molecule has 0 spiro atoms. The fourth-order valence-corrected chi connectivity index (χ4v) is 8.14. The van der Waals surface area contributed by atoms with E-state index in [4.69, 9.17) is 15.0 Å². The average Bonchev–Trinajstić information content (AvgIpc) is 3.22. The molecule has 4 nitrogen and oxygen atoms in total. The molecule has 0 N–H and O–H groups in total. The van der Waals surface area contributed by atoms with Crippen LogP contribution in [-0.4, -0.2) is 19.9 Å². The Morgan fingerprint density at radius 2 is 0.788 bits per heavy atom. The maximum Gasteiger partial charge on any atom is 0.165 e. The number of fused-ring (bicyclic) bond motifs is 2. The van der Waals surface area contributed by atoms with Gasteiger partial charge in [-0.05, 0) is 106 Å². The first-order valence-electron chi connectivity index (χ1n) is 17.5. The number of pyridine rings is 1. The highest BCUT2D eigenvalue weighted by Crippen LogP contribution is 2.44. The van der Waals surface area contributed by atoms with Crippen LogP contribution >= 0.6 is 0 Å². The predicted molar refractivity (Wildman–Crippen MR) is 216 cm³/mol. The molecule has 240 valence electrons. The van der Waals surface area contributed by atoms with Crippen LogP contribution in [0, 0.1) is 0 Å². The molecule has 11 aromatic rings. The first-order valence-corrected chi connectivity index (χ1v) is 17.5. The number of aromatic nitrogens is 4. The molecule has 4 heteroatoms. The minimum atomic E-state index is 0.586. The van der Waals surface area contributed by atoms with E-state index < -0.39 is 0 Å². The van der Waals surface area contributed by atoms with Crippen molar-refractivity contribution in [2.45, 2.75) is 0 Å². The van der Waals surface area contributed by atoms with Crippen LogP contribution in [0.15, 0.2) is 170 Å². The van der Waals surface area contributed by atoms with Crippen molar-refractivity contribution in [3.05, 3.63) is 170 Å². The van der Waals surface area contributed by atoms with Crippen LogP contribution in [-0.2, 0) is 0 Å². The van der Waals surface area contributed by atoms with Crippen molar-refractivity contribution in [2.24, 2.45) is 0 Å². The van der Waals surface area contributed by atoms with E-state index in [1.54, 1.807) is 6.20 Å². The van der Waals surface area contributed by atoms with Crippen LogP contribution in [0.2, 0.25) is 0 Å². The molecule has 0 amide bonds. The molecular weight excluding hydrogens is 633 g/mol. The Labute approximate surface area is 299 Å². The number of rotatable bonds is 4. The first-order chi connectivity index (χ1) is 25.8. The van der Waals surface area contributed by atoms with Crippen LogP contribution < -0.4 is 0 Å². The lowest BCUT2D eigenvalue weighted by Crippen LogP contribution is -2.00. The molecule has 0 atom stereocenters. The van der Waals surface area contributed by atoms with Gasteiger partial charge in [-0.15, -0.1) is 0 Å². The normalized spacial score (nSPS) is 11.8. The molecule has 2 aromatic heterocycles. The van der Waals surface area contributed by atoms with Crippen molar-refractivity contribution in [1.82, 2.24) is 19.9 Å². The summed E-state index contributed by atoms with van der Waals surface area (Å²) in [7, 11) is 0. The third-order valence-corrected chi connectivity index (χ3v) is 10.5. The zero-order valence-corrected chi connectivity index (χ0v) is 28.0. The summed E-state index contributed by atoms with van der Waals surface area (Å²) >= 11 is 0. The molecule has 0 saturated heterocycles. The van der Waals surface area contributed by atoms with E-state index in [1.165, 1.54) is 59.2 Å². The highest BCUT2D eigenvalue weighted by Gasteiger charge is 2.18. The predicted octanol–water partition coefficient (Wildman–Crippen LogP) is 12.3. The lowest BCUT2D eigenvalue weighted by Gasteiger charge is -2.17. The Balaban J connectivity index is 1.25. The minimum absolute atomic E-state index is 0.586. The Kier molecular flexibility index (Phi) is 6.22. The molecule has 0 unspecified atom stereocenters. The van der Waals surface area contributed by atoms with Gasteiger partial charge in [-0.3, -0.25) is 4.98 Å². The summed E-state index contributed by atoms with van der Waals surface area (Å²) in [5.74, 6) is 1.82. The molecule has 2 heterocycles. The van der Waals surface area contributed by atoms with Crippen LogP contribution in [0.1, 0.15) is 0 Å². The molecule has 0 radical (unpaired) electrons. The van der Waals surface area contributed by atoms with Crippen LogP contribution in [0.5, 0.6) is 0 Å².